The summed E-state index contributed by atoms with van der Waals surface area (Å²) < 4.78 is 7.75. The molecule has 1 unspecified atom stereocenters. The predicted octanol–water partition coefficient (Wildman–Crippen LogP) is 2.84. The van der Waals surface area contributed by atoms with Crippen molar-refractivity contribution in [1.82, 2.24) is 9.55 Å². The molecule has 0 amide bonds. The van der Waals surface area contributed by atoms with Crippen molar-refractivity contribution in [2.75, 3.05) is 12.3 Å². The Balaban J connectivity index is 1.94. The maximum atomic E-state index is 6.03. The molecule has 0 radical (unpaired) electrons. The smallest absolute Gasteiger partial charge is 0.201 e. The van der Waals surface area contributed by atoms with Crippen LogP contribution in [0.2, 0.25) is 5.02 Å². The summed E-state index contributed by atoms with van der Waals surface area (Å²) in [4.78, 5) is 4.35. The Morgan fingerprint density at radius 1 is 1.44 bits per heavy atom. The normalized spacial score (nSPS) is 20.4. The quantitative estimate of drug-likeness (QED) is 0.908. The topological polar surface area (TPSA) is 53.1 Å². The summed E-state index contributed by atoms with van der Waals surface area (Å²) in [6, 6.07) is 5.63. The molecule has 5 heteroatoms. The molecule has 2 aromatic rings. The zero-order chi connectivity index (χ0) is 12.5. The fourth-order valence-electron chi connectivity index (χ4n) is 2.46. The van der Waals surface area contributed by atoms with E-state index in [0.717, 1.165) is 37.0 Å². The average Bonchev–Trinajstić information content (AvgIpc) is 2.67. The zero-order valence-electron chi connectivity index (χ0n) is 10.1. The first-order chi connectivity index (χ1) is 8.74. The molecule has 2 heterocycles. The van der Waals surface area contributed by atoms with Gasteiger partial charge in [0.05, 0.1) is 23.7 Å². The summed E-state index contributed by atoms with van der Waals surface area (Å²) in [6.07, 6.45) is 3.69. The van der Waals surface area contributed by atoms with Crippen molar-refractivity contribution in [3.8, 4) is 0 Å². The Morgan fingerprint density at radius 2 is 2.33 bits per heavy atom. The van der Waals surface area contributed by atoms with Gasteiger partial charge in [0.1, 0.15) is 0 Å². The Hall–Kier alpha value is -1.26. The molecule has 1 aliphatic rings. The highest BCUT2D eigenvalue weighted by Crippen LogP contribution is 2.24. The lowest BCUT2D eigenvalue weighted by Crippen LogP contribution is -2.25. The second-order valence-electron chi connectivity index (χ2n) is 4.70. The molecule has 1 aromatic heterocycles. The molecule has 1 fully saturated rings. The van der Waals surface area contributed by atoms with Gasteiger partial charge in [-0.2, -0.15) is 0 Å². The van der Waals surface area contributed by atoms with E-state index in [-0.39, 0.29) is 6.10 Å². The SMILES string of the molecule is Nc1nc2ccc(Cl)cc2n1CC1CCCCO1. The maximum Gasteiger partial charge on any atom is 0.201 e. The summed E-state index contributed by atoms with van der Waals surface area (Å²) in [5.41, 5.74) is 7.84. The van der Waals surface area contributed by atoms with Crippen LogP contribution in [0.5, 0.6) is 0 Å². The fraction of sp³-hybridized carbons (Fsp3) is 0.462. The number of imidazole rings is 1. The van der Waals surface area contributed by atoms with Crippen LogP contribution in [-0.2, 0) is 11.3 Å². The van der Waals surface area contributed by atoms with Crippen molar-refractivity contribution in [1.29, 1.82) is 0 Å². The monoisotopic (exact) mass is 265 g/mol. The van der Waals surface area contributed by atoms with Crippen molar-refractivity contribution in [3.63, 3.8) is 0 Å². The van der Waals surface area contributed by atoms with Gasteiger partial charge in [0.2, 0.25) is 5.95 Å². The van der Waals surface area contributed by atoms with Gasteiger partial charge in [0.15, 0.2) is 0 Å². The van der Waals surface area contributed by atoms with E-state index in [4.69, 9.17) is 22.1 Å². The van der Waals surface area contributed by atoms with E-state index in [1.165, 1.54) is 6.42 Å². The molecule has 1 saturated heterocycles. The molecule has 0 saturated carbocycles. The molecule has 96 valence electrons. The third-order valence-corrected chi connectivity index (χ3v) is 3.64. The number of hydrogen-bond acceptors (Lipinski definition) is 3. The lowest BCUT2D eigenvalue weighted by Gasteiger charge is -2.23. The molecule has 1 atom stereocenters. The highest BCUT2D eigenvalue weighted by Gasteiger charge is 2.17. The Kier molecular flexibility index (Phi) is 3.14. The van der Waals surface area contributed by atoms with Crippen LogP contribution in [0.25, 0.3) is 11.0 Å². The first-order valence-corrected chi connectivity index (χ1v) is 6.65. The summed E-state index contributed by atoms with van der Waals surface area (Å²) in [6.45, 7) is 1.60. The van der Waals surface area contributed by atoms with Crippen molar-refractivity contribution >= 4 is 28.6 Å². The standard InChI is InChI=1S/C13H16ClN3O/c14-9-4-5-11-12(7-9)17(13(15)16-11)8-10-3-1-2-6-18-10/h4-5,7,10H,1-3,6,8H2,(H2,15,16). The second kappa shape index (κ2) is 4.78. The molecule has 3 rings (SSSR count). The fourth-order valence-corrected chi connectivity index (χ4v) is 2.63. The Bertz CT molecular complexity index is 561. The average molecular weight is 266 g/mol. The molecular weight excluding hydrogens is 250 g/mol. The molecule has 0 aliphatic carbocycles. The highest BCUT2D eigenvalue weighted by atomic mass is 35.5. The van der Waals surface area contributed by atoms with Crippen molar-refractivity contribution in [2.24, 2.45) is 0 Å². The van der Waals surface area contributed by atoms with Crippen molar-refractivity contribution in [3.05, 3.63) is 23.2 Å². The van der Waals surface area contributed by atoms with Crippen molar-refractivity contribution < 1.29 is 4.74 Å². The van der Waals surface area contributed by atoms with Gasteiger partial charge in [0.25, 0.3) is 0 Å². The summed E-state index contributed by atoms with van der Waals surface area (Å²) >= 11 is 6.03. The van der Waals surface area contributed by atoms with Gasteiger partial charge in [-0.05, 0) is 37.5 Å². The molecule has 4 nitrogen and oxygen atoms in total. The lowest BCUT2D eigenvalue weighted by molar-refractivity contribution is 0.00694. The van der Waals surface area contributed by atoms with E-state index in [0.29, 0.717) is 11.0 Å². The van der Waals surface area contributed by atoms with Gasteiger partial charge in [0, 0.05) is 11.6 Å². The van der Waals surface area contributed by atoms with E-state index >= 15 is 0 Å². The summed E-state index contributed by atoms with van der Waals surface area (Å²) in [5, 5.41) is 0.702. The lowest BCUT2D eigenvalue weighted by atomic mass is 10.1. The molecule has 1 aliphatic heterocycles. The number of nitrogens with zero attached hydrogens (tertiary/aromatic N) is 2. The van der Waals surface area contributed by atoms with Gasteiger partial charge in [-0.25, -0.2) is 4.98 Å². The van der Waals surface area contributed by atoms with Crippen LogP contribution in [0.3, 0.4) is 0 Å². The third-order valence-electron chi connectivity index (χ3n) is 3.40. The predicted molar refractivity (Wildman–Crippen MR) is 72.7 cm³/mol. The number of ether oxygens (including phenoxy) is 1. The first-order valence-electron chi connectivity index (χ1n) is 6.27. The Morgan fingerprint density at radius 3 is 3.11 bits per heavy atom. The minimum absolute atomic E-state index is 0.234. The number of nitrogen functional groups attached to an aromatic ring is 1. The molecule has 0 spiro atoms. The van der Waals surface area contributed by atoms with Crippen LogP contribution in [-0.4, -0.2) is 22.3 Å². The van der Waals surface area contributed by atoms with Crippen molar-refractivity contribution in [2.45, 2.75) is 31.9 Å². The van der Waals surface area contributed by atoms with Gasteiger partial charge < -0.3 is 15.0 Å². The van der Waals surface area contributed by atoms with Gasteiger partial charge >= 0.3 is 0 Å². The minimum atomic E-state index is 0.234. The highest BCUT2D eigenvalue weighted by molar-refractivity contribution is 6.31. The largest absolute Gasteiger partial charge is 0.376 e. The van der Waals surface area contributed by atoms with Crippen LogP contribution in [0, 0.1) is 0 Å². The minimum Gasteiger partial charge on any atom is -0.376 e. The van der Waals surface area contributed by atoms with Crippen LogP contribution in [0.15, 0.2) is 18.2 Å². The maximum absolute atomic E-state index is 6.03. The first kappa shape index (κ1) is 11.8. The van der Waals surface area contributed by atoms with Crippen LogP contribution < -0.4 is 5.73 Å². The number of aromatic nitrogens is 2. The van der Waals surface area contributed by atoms with E-state index < -0.39 is 0 Å². The van der Waals surface area contributed by atoms with E-state index in [1.54, 1.807) is 0 Å². The second-order valence-corrected chi connectivity index (χ2v) is 5.14. The number of fused-ring (bicyclic) bond motifs is 1. The van der Waals surface area contributed by atoms with E-state index in [9.17, 15) is 0 Å². The number of halogens is 1. The third kappa shape index (κ3) is 2.18. The van der Waals surface area contributed by atoms with Gasteiger partial charge in [-0.15, -0.1) is 0 Å². The van der Waals surface area contributed by atoms with Crippen LogP contribution in [0.1, 0.15) is 19.3 Å². The molecule has 18 heavy (non-hydrogen) atoms. The number of nitrogens with two attached hydrogens (primary N) is 1. The number of anilines is 1. The molecule has 2 N–H and O–H groups in total. The number of rotatable bonds is 2. The summed E-state index contributed by atoms with van der Waals surface area (Å²) in [5.74, 6) is 0.529. The summed E-state index contributed by atoms with van der Waals surface area (Å²) in [7, 11) is 0. The number of hydrogen-bond donors (Lipinski definition) is 1. The van der Waals surface area contributed by atoms with Gasteiger partial charge in [-0.3, -0.25) is 0 Å². The van der Waals surface area contributed by atoms with E-state index in [2.05, 4.69) is 4.98 Å². The van der Waals surface area contributed by atoms with Crippen LogP contribution >= 0.6 is 11.6 Å². The molecular formula is C13H16ClN3O. The number of benzene rings is 1. The Labute approximate surface area is 111 Å². The zero-order valence-corrected chi connectivity index (χ0v) is 10.9. The van der Waals surface area contributed by atoms with E-state index in [1.807, 2.05) is 22.8 Å². The van der Waals surface area contributed by atoms with Gasteiger partial charge in [-0.1, -0.05) is 11.6 Å². The van der Waals surface area contributed by atoms with Crippen LogP contribution in [0.4, 0.5) is 5.95 Å². The molecule has 0 bridgehead atoms. The molecule has 1 aromatic carbocycles.